The lowest BCUT2D eigenvalue weighted by atomic mass is 10.2. The number of carbonyl (C=O) groups excluding carboxylic acids is 1. The number of benzene rings is 2. The maximum absolute atomic E-state index is 12.3. The van der Waals surface area contributed by atoms with Crippen molar-refractivity contribution in [3.8, 4) is 17.1 Å². The number of rotatable bonds is 6. The molecule has 4 aromatic rings. The number of fused-ring (bicyclic) bond motifs is 1. The zero-order valence-electron chi connectivity index (χ0n) is 15.5. The molecule has 0 radical (unpaired) electrons. The highest BCUT2D eigenvalue weighted by Gasteiger charge is 2.12. The number of halogens is 1. The molecule has 2 aromatic heterocycles. The Bertz CT molecular complexity index is 1180. The third-order valence-electron chi connectivity index (χ3n) is 4.14. The average Bonchev–Trinajstić information content (AvgIpc) is 3.35. The molecule has 0 saturated heterocycles. The van der Waals surface area contributed by atoms with E-state index in [1.807, 2.05) is 43.3 Å². The summed E-state index contributed by atoms with van der Waals surface area (Å²) in [6.07, 6.45) is 1.44. The van der Waals surface area contributed by atoms with Crippen molar-refractivity contribution in [2.75, 3.05) is 6.61 Å². The topological polar surface area (TPSA) is 77.0 Å². The third kappa shape index (κ3) is 4.41. The first-order chi connectivity index (χ1) is 14.1. The number of hydrogen-bond donors (Lipinski definition) is 1. The van der Waals surface area contributed by atoms with Gasteiger partial charge in [-0.05, 0) is 55.5 Å². The van der Waals surface area contributed by atoms with E-state index in [0.717, 1.165) is 21.2 Å². The second kappa shape index (κ2) is 8.36. The van der Waals surface area contributed by atoms with Crippen molar-refractivity contribution in [2.45, 2.75) is 6.92 Å². The van der Waals surface area contributed by atoms with E-state index in [2.05, 4.69) is 26.5 Å². The molecule has 0 aliphatic carbocycles. The third-order valence-corrected chi connectivity index (χ3v) is 4.66. The molecule has 4 rings (SSSR count). The highest BCUT2D eigenvalue weighted by atomic mass is 79.9. The predicted molar refractivity (Wildman–Crippen MR) is 114 cm³/mol. The van der Waals surface area contributed by atoms with E-state index in [1.165, 1.54) is 6.21 Å². The summed E-state index contributed by atoms with van der Waals surface area (Å²) in [5.41, 5.74) is 4.00. The van der Waals surface area contributed by atoms with Gasteiger partial charge in [-0.25, -0.2) is 5.43 Å². The van der Waals surface area contributed by atoms with E-state index in [0.29, 0.717) is 23.7 Å². The van der Waals surface area contributed by atoms with Crippen LogP contribution in [0.4, 0.5) is 0 Å². The van der Waals surface area contributed by atoms with Crippen LogP contribution in [0.5, 0.6) is 5.75 Å². The molecule has 6 nitrogen and oxygen atoms in total. The molecule has 0 saturated carbocycles. The number of nitrogens with zero attached hydrogens (tertiary/aromatic N) is 1. The van der Waals surface area contributed by atoms with Gasteiger partial charge in [0.25, 0.3) is 0 Å². The van der Waals surface area contributed by atoms with Crippen LogP contribution in [-0.2, 0) is 0 Å². The van der Waals surface area contributed by atoms with E-state index in [4.69, 9.17) is 13.6 Å². The van der Waals surface area contributed by atoms with Crippen molar-refractivity contribution < 1.29 is 18.4 Å². The van der Waals surface area contributed by atoms with E-state index < -0.39 is 5.91 Å². The van der Waals surface area contributed by atoms with E-state index in [-0.39, 0.29) is 5.76 Å². The first-order valence-electron chi connectivity index (χ1n) is 8.98. The summed E-state index contributed by atoms with van der Waals surface area (Å²) in [7, 11) is 0. The van der Waals surface area contributed by atoms with Crippen LogP contribution in [0, 0.1) is 0 Å². The molecule has 0 atom stereocenters. The van der Waals surface area contributed by atoms with Crippen LogP contribution >= 0.6 is 15.9 Å². The number of amides is 1. The largest absolute Gasteiger partial charge is 0.494 e. The molecule has 2 heterocycles. The molecule has 1 N–H and O–H groups in total. The molecule has 0 unspecified atom stereocenters. The number of hydrazone groups is 1. The fraction of sp³-hybridized carbons (Fsp3) is 0.0909. The molecule has 2 aromatic carbocycles. The predicted octanol–water partition coefficient (Wildman–Crippen LogP) is 5.62. The Morgan fingerprint density at radius 3 is 2.72 bits per heavy atom. The summed E-state index contributed by atoms with van der Waals surface area (Å²) in [5, 5.41) is 4.73. The van der Waals surface area contributed by atoms with Crippen molar-refractivity contribution in [2.24, 2.45) is 5.10 Å². The van der Waals surface area contributed by atoms with Gasteiger partial charge in [0, 0.05) is 15.4 Å². The monoisotopic (exact) mass is 452 g/mol. The Labute approximate surface area is 175 Å². The van der Waals surface area contributed by atoms with Crippen LogP contribution < -0.4 is 10.2 Å². The lowest BCUT2D eigenvalue weighted by Crippen LogP contribution is -2.16. The zero-order chi connectivity index (χ0) is 20.2. The molecule has 0 aliphatic heterocycles. The number of nitrogens with one attached hydrogen (secondary N) is 1. The quantitative estimate of drug-likeness (QED) is 0.304. The highest BCUT2D eigenvalue weighted by Crippen LogP contribution is 2.25. The Morgan fingerprint density at radius 2 is 1.93 bits per heavy atom. The van der Waals surface area contributed by atoms with E-state index in [1.54, 1.807) is 24.3 Å². The minimum atomic E-state index is -0.449. The van der Waals surface area contributed by atoms with Crippen LogP contribution in [0.15, 0.2) is 79.1 Å². The number of carbonyl (C=O) groups is 1. The number of hydrogen-bond acceptors (Lipinski definition) is 5. The van der Waals surface area contributed by atoms with Gasteiger partial charge in [-0.2, -0.15) is 5.10 Å². The van der Waals surface area contributed by atoms with Gasteiger partial charge in [0.2, 0.25) is 0 Å². The molecule has 29 heavy (non-hydrogen) atoms. The van der Waals surface area contributed by atoms with Crippen LogP contribution in [0.2, 0.25) is 0 Å². The van der Waals surface area contributed by atoms with E-state index in [9.17, 15) is 4.79 Å². The first kappa shape index (κ1) is 19.0. The van der Waals surface area contributed by atoms with Gasteiger partial charge in [0.1, 0.15) is 22.9 Å². The molecule has 0 bridgehead atoms. The average molecular weight is 453 g/mol. The maximum atomic E-state index is 12.3. The lowest BCUT2D eigenvalue weighted by Gasteiger charge is -2.00. The number of ether oxygens (including phenoxy) is 1. The highest BCUT2D eigenvalue weighted by molar-refractivity contribution is 9.10. The van der Waals surface area contributed by atoms with Crippen molar-refractivity contribution in [3.05, 3.63) is 76.7 Å². The van der Waals surface area contributed by atoms with Gasteiger partial charge >= 0.3 is 5.91 Å². The molecule has 0 spiro atoms. The fourth-order valence-electron chi connectivity index (χ4n) is 2.79. The van der Waals surface area contributed by atoms with Gasteiger partial charge in [0.15, 0.2) is 5.76 Å². The van der Waals surface area contributed by atoms with Crippen molar-refractivity contribution in [1.82, 2.24) is 5.43 Å². The maximum Gasteiger partial charge on any atom is 0.307 e. The SMILES string of the molecule is CCOc1ccc2oc(C(=O)N/N=C\c3ccc(-c4ccc(Br)cc4)o3)cc2c1. The molecule has 1 amide bonds. The number of furan rings is 2. The molecular weight excluding hydrogens is 436 g/mol. The standard InChI is InChI=1S/C22H17BrN2O4/c1-2-27-17-7-9-20-15(11-17)12-21(29-20)22(26)25-24-13-18-8-10-19(28-18)14-3-5-16(23)6-4-14/h3-13H,2H2,1H3,(H,25,26)/b24-13-. The smallest absolute Gasteiger partial charge is 0.307 e. The van der Waals surface area contributed by atoms with Gasteiger partial charge in [-0.1, -0.05) is 28.1 Å². The fourth-order valence-corrected chi connectivity index (χ4v) is 3.06. The zero-order valence-corrected chi connectivity index (χ0v) is 17.1. The second-order valence-corrected chi connectivity index (χ2v) is 7.07. The van der Waals surface area contributed by atoms with Gasteiger partial charge < -0.3 is 13.6 Å². The van der Waals surface area contributed by atoms with Crippen LogP contribution in [0.25, 0.3) is 22.3 Å². The van der Waals surface area contributed by atoms with Crippen LogP contribution in [0.3, 0.4) is 0 Å². The van der Waals surface area contributed by atoms with Gasteiger partial charge in [-0.15, -0.1) is 0 Å². The Kier molecular flexibility index (Phi) is 5.48. The van der Waals surface area contributed by atoms with Crippen LogP contribution in [-0.4, -0.2) is 18.7 Å². The minimum absolute atomic E-state index is 0.167. The minimum Gasteiger partial charge on any atom is -0.494 e. The Hall–Kier alpha value is -3.32. The molecule has 0 fully saturated rings. The van der Waals surface area contributed by atoms with E-state index >= 15 is 0 Å². The summed E-state index contributed by atoms with van der Waals surface area (Å²) >= 11 is 3.41. The molecule has 7 heteroatoms. The van der Waals surface area contributed by atoms with Gasteiger partial charge in [-0.3, -0.25) is 4.79 Å². The lowest BCUT2D eigenvalue weighted by molar-refractivity contribution is 0.0929. The molecular formula is C22H17BrN2O4. The Balaban J connectivity index is 1.42. The summed E-state index contributed by atoms with van der Waals surface area (Å²) < 4.78 is 17.8. The molecule has 0 aliphatic rings. The molecule has 146 valence electrons. The summed E-state index contributed by atoms with van der Waals surface area (Å²) in [6, 6.07) is 18.5. The summed E-state index contributed by atoms with van der Waals surface area (Å²) in [4.78, 5) is 12.3. The van der Waals surface area contributed by atoms with Crippen molar-refractivity contribution in [3.63, 3.8) is 0 Å². The van der Waals surface area contributed by atoms with Crippen molar-refractivity contribution in [1.29, 1.82) is 0 Å². The summed E-state index contributed by atoms with van der Waals surface area (Å²) in [6.45, 7) is 2.49. The second-order valence-electron chi connectivity index (χ2n) is 6.15. The normalized spacial score (nSPS) is 11.2. The van der Waals surface area contributed by atoms with Gasteiger partial charge in [0.05, 0.1) is 12.8 Å². The van der Waals surface area contributed by atoms with Crippen LogP contribution in [0.1, 0.15) is 23.2 Å². The Morgan fingerprint density at radius 1 is 1.10 bits per heavy atom. The summed E-state index contributed by atoms with van der Waals surface area (Å²) in [5.74, 6) is 1.68. The van der Waals surface area contributed by atoms with Crippen molar-refractivity contribution >= 4 is 39.0 Å². The first-order valence-corrected chi connectivity index (χ1v) is 9.77.